The molecular formula is C44H26N4S. The van der Waals surface area contributed by atoms with Gasteiger partial charge in [0.1, 0.15) is 17.7 Å². The number of allylic oxidation sites excluding steroid dienone is 1. The van der Waals surface area contributed by atoms with Crippen molar-refractivity contribution in [1.82, 2.24) is 9.13 Å². The van der Waals surface area contributed by atoms with E-state index in [9.17, 15) is 10.5 Å². The van der Waals surface area contributed by atoms with Gasteiger partial charge >= 0.3 is 0 Å². The van der Waals surface area contributed by atoms with Gasteiger partial charge < -0.3 is 9.13 Å². The lowest BCUT2D eigenvalue weighted by Gasteiger charge is -2.10. The van der Waals surface area contributed by atoms with E-state index < -0.39 is 0 Å². The fourth-order valence-corrected chi connectivity index (χ4v) is 7.98. The third-order valence-electron chi connectivity index (χ3n) is 9.26. The minimum absolute atomic E-state index is 0.102. The largest absolute Gasteiger partial charge is 0.309 e. The molecule has 0 saturated carbocycles. The van der Waals surface area contributed by atoms with Crippen molar-refractivity contribution in [3.63, 3.8) is 0 Å². The zero-order valence-electron chi connectivity index (χ0n) is 26.2. The van der Waals surface area contributed by atoms with E-state index in [4.69, 9.17) is 0 Å². The fourth-order valence-electron chi connectivity index (χ4n) is 7.03. The molecular weight excluding hydrogens is 617 g/mol. The molecule has 0 N–H and O–H groups in total. The van der Waals surface area contributed by atoms with Gasteiger partial charge in [-0.2, -0.15) is 10.5 Å². The van der Waals surface area contributed by atoms with Gasteiger partial charge in [-0.25, -0.2) is 0 Å². The van der Waals surface area contributed by atoms with Gasteiger partial charge in [-0.3, -0.25) is 0 Å². The summed E-state index contributed by atoms with van der Waals surface area (Å²) in [6.07, 6.45) is 1.65. The summed E-state index contributed by atoms with van der Waals surface area (Å²) >= 11 is 1.58. The lowest BCUT2D eigenvalue weighted by molar-refractivity contribution is 1.18. The van der Waals surface area contributed by atoms with Gasteiger partial charge in [0, 0.05) is 42.7 Å². The number of nitrogens with zero attached hydrogens (tertiary/aromatic N) is 4. The maximum absolute atomic E-state index is 9.22. The fraction of sp³-hybridized carbons (Fsp3) is 0. The van der Waals surface area contributed by atoms with E-state index in [0.717, 1.165) is 48.9 Å². The summed E-state index contributed by atoms with van der Waals surface area (Å²) in [5, 5.41) is 23.3. The molecule has 0 unspecified atom stereocenters. The van der Waals surface area contributed by atoms with Gasteiger partial charge in [0.25, 0.3) is 0 Å². The minimum Gasteiger partial charge on any atom is -0.309 e. The van der Waals surface area contributed by atoms with Gasteiger partial charge in [0.2, 0.25) is 0 Å². The minimum atomic E-state index is 0.102. The molecule has 0 radical (unpaired) electrons. The van der Waals surface area contributed by atoms with Crippen molar-refractivity contribution in [3.8, 4) is 45.1 Å². The average molecular weight is 643 g/mol. The van der Waals surface area contributed by atoms with Crippen molar-refractivity contribution in [2.75, 3.05) is 0 Å². The number of benzene rings is 6. The number of rotatable bonds is 5. The van der Waals surface area contributed by atoms with E-state index in [-0.39, 0.29) is 5.57 Å². The standard InChI is InChI=1S/C44H26N4S/c45-27-29(28-46)24-35-20-23-44(49-35)32-17-22-43-39(26-32)38-25-31(16-21-42(38)47(43)33-8-2-1-3-9-33)30-14-18-34(19-15-30)48-40-12-6-4-10-36(40)37-11-5-7-13-41(37)48/h1-26H. The highest BCUT2D eigenvalue weighted by Crippen LogP contribution is 2.39. The number of hydrogen-bond acceptors (Lipinski definition) is 3. The van der Waals surface area contributed by atoms with Crippen LogP contribution in [0.2, 0.25) is 0 Å². The van der Waals surface area contributed by atoms with Crippen LogP contribution in [0.1, 0.15) is 4.88 Å². The summed E-state index contributed by atoms with van der Waals surface area (Å²) < 4.78 is 4.68. The molecule has 4 nitrogen and oxygen atoms in total. The molecule has 0 fully saturated rings. The number of thiophene rings is 1. The lowest BCUT2D eigenvalue weighted by Crippen LogP contribution is -1.94. The molecule has 3 heterocycles. The number of fused-ring (bicyclic) bond motifs is 6. The number of para-hydroxylation sites is 3. The molecule has 228 valence electrons. The van der Waals surface area contributed by atoms with Crippen LogP contribution in [0.25, 0.3) is 82.6 Å². The zero-order chi connectivity index (χ0) is 32.9. The van der Waals surface area contributed by atoms with Crippen LogP contribution in [0.3, 0.4) is 0 Å². The topological polar surface area (TPSA) is 57.4 Å². The van der Waals surface area contributed by atoms with E-state index >= 15 is 0 Å². The Labute approximate surface area is 286 Å². The van der Waals surface area contributed by atoms with Crippen molar-refractivity contribution in [3.05, 3.63) is 162 Å². The van der Waals surface area contributed by atoms with Crippen LogP contribution in [-0.4, -0.2) is 9.13 Å². The predicted molar refractivity (Wildman–Crippen MR) is 203 cm³/mol. The summed E-state index contributed by atoms with van der Waals surface area (Å²) in [5.41, 5.74) is 10.4. The molecule has 49 heavy (non-hydrogen) atoms. The molecule has 9 aromatic rings. The van der Waals surface area contributed by atoms with Gasteiger partial charge in [0.05, 0.1) is 22.1 Å². The second-order valence-corrected chi connectivity index (χ2v) is 13.2. The van der Waals surface area contributed by atoms with Crippen molar-refractivity contribution in [1.29, 1.82) is 10.5 Å². The summed E-state index contributed by atoms with van der Waals surface area (Å²) in [4.78, 5) is 1.97. The smallest absolute Gasteiger partial charge is 0.131 e. The summed E-state index contributed by atoms with van der Waals surface area (Å²) in [6.45, 7) is 0. The lowest BCUT2D eigenvalue weighted by atomic mass is 10.0. The van der Waals surface area contributed by atoms with Gasteiger partial charge in [0.15, 0.2) is 0 Å². The van der Waals surface area contributed by atoms with Gasteiger partial charge in [-0.1, -0.05) is 78.9 Å². The molecule has 0 aliphatic carbocycles. The number of nitriles is 2. The van der Waals surface area contributed by atoms with Crippen LogP contribution in [0.4, 0.5) is 0 Å². The molecule has 0 bridgehead atoms. The Bertz CT molecular complexity index is 2760. The van der Waals surface area contributed by atoms with Gasteiger partial charge in [-0.05, 0) is 95.6 Å². The maximum Gasteiger partial charge on any atom is 0.131 e. The highest BCUT2D eigenvalue weighted by Gasteiger charge is 2.16. The third kappa shape index (κ3) is 4.73. The molecule has 0 aliphatic rings. The summed E-state index contributed by atoms with van der Waals surface area (Å²) in [6, 6.07) is 57.9. The average Bonchev–Trinajstić information content (AvgIpc) is 3.86. The van der Waals surface area contributed by atoms with Crippen LogP contribution < -0.4 is 0 Å². The number of hydrogen-bond donors (Lipinski definition) is 0. The first-order valence-electron chi connectivity index (χ1n) is 16.0. The van der Waals surface area contributed by atoms with E-state index in [1.807, 2.05) is 24.3 Å². The quantitative estimate of drug-likeness (QED) is 0.175. The van der Waals surface area contributed by atoms with Gasteiger partial charge in [-0.15, -0.1) is 11.3 Å². The first kappa shape index (κ1) is 28.6. The second-order valence-electron chi connectivity index (χ2n) is 12.0. The molecule has 0 amide bonds. The van der Waals surface area contributed by atoms with E-state index in [0.29, 0.717) is 0 Å². The Morgan fingerprint density at radius 1 is 0.469 bits per heavy atom. The molecule has 6 aromatic carbocycles. The van der Waals surface area contributed by atoms with Crippen molar-refractivity contribution in [2.24, 2.45) is 0 Å². The van der Waals surface area contributed by atoms with E-state index in [1.54, 1.807) is 17.4 Å². The van der Waals surface area contributed by atoms with E-state index in [1.165, 1.54) is 32.6 Å². The Morgan fingerprint density at radius 2 is 0.980 bits per heavy atom. The van der Waals surface area contributed by atoms with Crippen LogP contribution in [0.5, 0.6) is 0 Å². The summed E-state index contributed by atoms with van der Waals surface area (Å²) in [5.74, 6) is 0. The van der Waals surface area contributed by atoms with Crippen molar-refractivity contribution >= 4 is 61.0 Å². The monoisotopic (exact) mass is 642 g/mol. The molecule has 9 rings (SSSR count). The molecule has 0 atom stereocenters. The molecule has 0 aliphatic heterocycles. The Morgan fingerprint density at radius 3 is 1.61 bits per heavy atom. The molecule has 0 saturated heterocycles. The third-order valence-corrected chi connectivity index (χ3v) is 10.3. The zero-order valence-corrected chi connectivity index (χ0v) is 27.0. The molecule has 5 heteroatoms. The molecule has 0 spiro atoms. The second kappa shape index (κ2) is 11.5. The SMILES string of the molecule is N#CC(C#N)=Cc1ccc(-c2ccc3c(c2)c2cc(-c4ccc(-n5c6ccccc6c6ccccc65)cc4)ccc2n3-c2ccccc2)s1. The maximum atomic E-state index is 9.22. The first-order chi connectivity index (χ1) is 24.2. The highest BCUT2D eigenvalue weighted by molar-refractivity contribution is 7.16. The van der Waals surface area contributed by atoms with Crippen LogP contribution >= 0.6 is 11.3 Å². The van der Waals surface area contributed by atoms with Crippen LogP contribution in [-0.2, 0) is 0 Å². The predicted octanol–water partition coefficient (Wildman–Crippen LogP) is 11.7. The highest BCUT2D eigenvalue weighted by atomic mass is 32.1. The molecule has 3 aromatic heterocycles. The first-order valence-corrected chi connectivity index (χ1v) is 16.9. The summed E-state index contributed by atoms with van der Waals surface area (Å²) in [7, 11) is 0. The van der Waals surface area contributed by atoms with Crippen LogP contribution in [0.15, 0.2) is 157 Å². The van der Waals surface area contributed by atoms with Crippen LogP contribution in [0, 0.1) is 22.7 Å². The van der Waals surface area contributed by atoms with Crippen molar-refractivity contribution in [2.45, 2.75) is 0 Å². The number of aromatic nitrogens is 2. The Kier molecular flexibility index (Phi) is 6.73. The Balaban J connectivity index is 1.17. The normalized spacial score (nSPS) is 11.2. The Hall–Kier alpha value is -6.66. The van der Waals surface area contributed by atoms with Crippen molar-refractivity contribution < 1.29 is 0 Å². The van der Waals surface area contributed by atoms with E-state index in [2.05, 4.69) is 149 Å².